The van der Waals surface area contributed by atoms with Gasteiger partial charge in [-0.05, 0) is 24.3 Å². The van der Waals surface area contributed by atoms with Gasteiger partial charge in [-0.15, -0.1) is 0 Å². The van der Waals surface area contributed by atoms with Crippen LogP contribution in [-0.4, -0.2) is 17.7 Å². The predicted molar refractivity (Wildman–Crippen MR) is 65.5 cm³/mol. The molecule has 2 rings (SSSR count). The van der Waals surface area contributed by atoms with Crippen LogP contribution < -0.4 is 15.9 Å². The number of anilines is 1. The zero-order chi connectivity index (χ0) is 12.3. The second-order valence-electron chi connectivity index (χ2n) is 3.48. The summed E-state index contributed by atoms with van der Waals surface area (Å²) in [5.41, 5.74) is 9.25. The molecule has 5 heteroatoms. The van der Waals surface area contributed by atoms with E-state index in [0.29, 0.717) is 17.0 Å². The van der Waals surface area contributed by atoms with E-state index in [1.54, 1.807) is 42.4 Å². The fourth-order valence-electron chi connectivity index (χ4n) is 1.46. The number of carbonyl (C=O) groups is 1. The highest BCUT2D eigenvalue weighted by molar-refractivity contribution is 6.04. The van der Waals surface area contributed by atoms with E-state index in [0.717, 1.165) is 0 Å². The van der Waals surface area contributed by atoms with Crippen molar-refractivity contribution < 1.29 is 9.53 Å². The van der Waals surface area contributed by atoms with E-state index in [-0.39, 0.29) is 5.91 Å². The average molecular weight is 231 g/mol. The van der Waals surface area contributed by atoms with Crippen LogP contribution in [0.5, 0.6) is 5.75 Å². The molecule has 0 spiro atoms. The third-order valence-electron chi connectivity index (χ3n) is 2.34. The molecule has 1 aromatic carbocycles. The van der Waals surface area contributed by atoms with Crippen LogP contribution in [0.1, 0.15) is 10.4 Å². The lowest BCUT2D eigenvalue weighted by Gasteiger charge is -2.09. The molecular formula is C12H13N3O2. The molecule has 0 bridgehead atoms. The summed E-state index contributed by atoms with van der Waals surface area (Å²) in [5.74, 6) is 0.362. The van der Waals surface area contributed by atoms with E-state index < -0.39 is 0 Å². The van der Waals surface area contributed by atoms with Crippen molar-refractivity contribution in [2.45, 2.75) is 0 Å². The SMILES string of the molecule is COc1ccc(C(=O)Nn2cccc2)c(N)c1. The highest BCUT2D eigenvalue weighted by atomic mass is 16.5. The second-order valence-corrected chi connectivity index (χ2v) is 3.48. The maximum atomic E-state index is 11.9. The number of amides is 1. The molecule has 5 nitrogen and oxygen atoms in total. The van der Waals surface area contributed by atoms with Crippen molar-refractivity contribution >= 4 is 11.6 Å². The number of nitrogen functional groups attached to an aromatic ring is 1. The maximum Gasteiger partial charge on any atom is 0.272 e. The van der Waals surface area contributed by atoms with E-state index >= 15 is 0 Å². The van der Waals surface area contributed by atoms with Gasteiger partial charge >= 0.3 is 0 Å². The van der Waals surface area contributed by atoms with Crippen LogP contribution in [0.2, 0.25) is 0 Å². The van der Waals surface area contributed by atoms with Gasteiger partial charge in [0, 0.05) is 24.1 Å². The Hall–Kier alpha value is -2.43. The lowest BCUT2D eigenvalue weighted by Crippen LogP contribution is -2.22. The van der Waals surface area contributed by atoms with Crippen LogP contribution in [0, 0.1) is 0 Å². The van der Waals surface area contributed by atoms with Crippen LogP contribution in [0.15, 0.2) is 42.7 Å². The molecule has 0 saturated carbocycles. The van der Waals surface area contributed by atoms with E-state index in [1.165, 1.54) is 0 Å². The first-order valence-corrected chi connectivity index (χ1v) is 5.08. The molecule has 0 fully saturated rings. The number of nitrogens with two attached hydrogens (primary N) is 1. The third kappa shape index (κ3) is 2.39. The number of nitrogens with one attached hydrogen (secondary N) is 1. The normalized spacial score (nSPS) is 9.94. The van der Waals surface area contributed by atoms with Gasteiger partial charge in [0.05, 0.1) is 12.7 Å². The Labute approximate surface area is 98.8 Å². The molecule has 1 amide bonds. The number of ether oxygens (including phenoxy) is 1. The summed E-state index contributed by atoms with van der Waals surface area (Å²) in [7, 11) is 1.55. The minimum atomic E-state index is -0.263. The molecule has 0 unspecified atom stereocenters. The number of methoxy groups -OCH3 is 1. The number of carbonyl (C=O) groups excluding carboxylic acids is 1. The molecule has 17 heavy (non-hydrogen) atoms. The van der Waals surface area contributed by atoms with Crippen molar-refractivity contribution in [1.82, 2.24) is 4.68 Å². The van der Waals surface area contributed by atoms with Gasteiger partial charge in [0.1, 0.15) is 5.75 Å². The molecule has 3 N–H and O–H groups in total. The molecule has 1 aromatic heterocycles. The number of nitrogens with zero attached hydrogens (tertiary/aromatic N) is 1. The molecule has 0 radical (unpaired) electrons. The molecule has 0 aliphatic rings. The van der Waals surface area contributed by atoms with Crippen LogP contribution >= 0.6 is 0 Å². The summed E-state index contributed by atoms with van der Waals surface area (Å²) >= 11 is 0. The molecule has 0 saturated heterocycles. The number of hydrogen-bond acceptors (Lipinski definition) is 3. The zero-order valence-electron chi connectivity index (χ0n) is 9.38. The first-order valence-electron chi connectivity index (χ1n) is 5.08. The first kappa shape index (κ1) is 11.1. The average Bonchev–Trinajstić information content (AvgIpc) is 2.81. The highest BCUT2D eigenvalue weighted by Gasteiger charge is 2.10. The molecule has 1 heterocycles. The molecule has 2 aromatic rings. The van der Waals surface area contributed by atoms with E-state index in [9.17, 15) is 4.79 Å². The van der Waals surface area contributed by atoms with Crippen molar-refractivity contribution in [1.29, 1.82) is 0 Å². The predicted octanol–water partition coefficient (Wildman–Crippen LogP) is 1.46. The lowest BCUT2D eigenvalue weighted by atomic mass is 10.1. The van der Waals surface area contributed by atoms with Crippen molar-refractivity contribution in [2.24, 2.45) is 0 Å². The monoisotopic (exact) mass is 231 g/mol. The Balaban J connectivity index is 2.19. The van der Waals surface area contributed by atoms with Crippen molar-refractivity contribution in [2.75, 3.05) is 18.3 Å². The summed E-state index contributed by atoms with van der Waals surface area (Å²) < 4.78 is 6.58. The summed E-state index contributed by atoms with van der Waals surface area (Å²) in [6.45, 7) is 0. The highest BCUT2D eigenvalue weighted by Crippen LogP contribution is 2.19. The van der Waals surface area contributed by atoms with Crippen LogP contribution in [0.3, 0.4) is 0 Å². The van der Waals surface area contributed by atoms with Gasteiger partial charge < -0.3 is 10.5 Å². The maximum absolute atomic E-state index is 11.9. The minimum absolute atomic E-state index is 0.263. The van der Waals surface area contributed by atoms with Crippen molar-refractivity contribution in [3.8, 4) is 5.75 Å². The Kier molecular flexibility index (Phi) is 3.00. The van der Waals surface area contributed by atoms with Crippen LogP contribution in [-0.2, 0) is 0 Å². The fraction of sp³-hybridized carbons (Fsp3) is 0.0833. The topological polar surface area (TPSA) is 69.3 Å². The quantitative estimate of drug-likeness (QED) is 0.786. The summed E-state index contributed by atoms with van der Waals surface area (Å²) in [6, 6.07) is 8.58. The zero-order valence-corrected chi connectivity index (χ0v) is 9.38. The standard InChI is InChI=1S/C12H13N3O2/c1-17-9-4-5-10(11(13)8-9)12(16)14-15-6-2-3-7-15/h2-8H,13H2,1H3,(H,14,16). The van der Waals surface area contributed by atoms with Gasteiger partial charge in [-0.25, -0.2) is 0 Å². The van der Waals surface area contributed by atoms with Crippen molar-refractivity contribution in [3.63, 3.8) is 0 Å². The number of hydrogen-bond donors (Lipinski definition) is 2. The van der Waals surface area contributed by atoms with Crippen LogP contribution in [0.25, 0.3) is 0 Å². The number of rotatable bonds is 3. The molecule has 0 aliphatic heterocycles. The Morgan fingerprint density at radius 2 is 2.06 bits per heavy atom. The molecular weight excluding hydrogens is 218 g/mol. The Bertz CT molecular complexity index is 521. The van der Waals surface area contributed by atoms with Gasteiger partial charge in [-0.1, -0.05) is 0 Å². The van der Waals surface area contributed by atoms with E-state index in [2.05, 4.69) is 5.43 Å². The van der Waals surface area contributed by atoms with E-state index in [1.807, 2.05) is 12.1 Å². The van der Waals surface area contributed by atoms with Gasteiger partial charge in [0.25, 0.3) is 5.91 Å². The first-order chi connectivity index (χ1) is 8.20. The van der Waals surface area contributed by atoms with Crippen molar-refractivity contribution in [3.05, 3.63) is 48.3 Å². The Morgan fingerprint density at radius 3 is 2.65 bits per heavy atom. The lowest BCUT2D eigenvalue weighted by molar-refractivity contribution is 0.101. The smallest absolute Gasteiger partial charge is 0.272 e. The van der Waals surface area contributed by atoms with Gasteiger partial charge in [0.2, 0.25) is 0 Å². The summed E-state index contributed by atoms with van der Waals surface area (Å²) in [4.78, 5) is 11.9. The van der Waals surface area contributed by atoms with E-state index in [4.69, 9.17) is 10.5 Å². The minimum Gasteiger partial charge on any atom is -0.497 e. The summed E-state index contributed by atoms with van der Waals surface area (Å²) in [5, 5.41) is 0. The second kappa shape index (κ2) is 4.61. The number of benzene rings is 1. The van der Waals surface area contributed by atoms with Gasteiger partial charge in [-0.2, -0.15) is 0 Å². The fourth-order valence-corrected chi connectivity index (χ4v) is 1.46. The Morgan fingerprint density at radius 1 is 1.35 bits per heavy atom. The third-order valence-corrected chi connectivity index (χ3v) is 2.34. The van der Waals surface area contributed by atoms with Gasteiger partial charge in [-0.3, -0.25) is 14.9 Å². The molecule has 88 valence electrons. The largest absolute Gasteiger partial charge is 0.497 e. The molecule has 0 atom stereocenters. The van der Waals surface area contributed by atoms with Gasteiger partial charge in [0.15, 0.2) is 0 Å². The molecule has 0 aliphatic carbocycles. The number of aromatic nitrogens is 1. The van der Waals surface area contributed by atoms with Crippen LogP contribution in [0.4, 0.5) is 5.69 Å². The summed E-state index contributed by atoms with van der Waals surface area (Å²) in [6.07, 6.45) is 3.47.